The lowest BCUT2D eigenvalue weighted by Crippen LogP contribution is -2.11. The van der Waals surface area contributed by atoms with Crippen LogP contribution in [-0.4, -0.2) is 24.6 Å². The Morgan fingerprint density at radius 2 is 1.79 bits per heavy atom. The van der Waals surface area contributed by atoms with E-state index in [1.807, 2.05) is 0 Å². The Hall–Kier alpha value is -3.60. The van der Waals surface area contributed by atoms with Crippen LogP contribution in [0.25, 0.3) is 0 Å². The van der Waals surface area contributed by atoms with Gasteiger partial charge in [-0.1, -0.05) is 18.2 Å². The third kappa shape index (κ3) is 5.23. The highest BCUT2D eigenvalue weighted by Gasteiger charge is 2.12. The zero-order valence-corrected chi connectivity index (χ0v) is 16.3. The Labute approximate surface area is 166 Å². The number of nitroso groups, excluding NO2 is 1. The zero-order chi connectivity index (χ0) is 21.0. The average molecular weight is 416 g/mol. The highest BCUT2D eigenvalue weighted by molar-refractivity contribution is 7.92. The summed E-state index contributed by atoms with van der Waals surface area (Å²) >= 11 is 0. The average Bonchev–Trinajstić information content (AvgIpc) is 2.66. The first-order valence-corrected chi connectivity index (χ1v) is 10.2. The van der Waals surface area contributed by atoms with Crippen molar-refractivity contribution in [2.45, 2.75) is 6.92 Å². The summed E-state index contributed by atoms with van der Waals surface area (Å²) in [6.45, 7) is 1.75. The standard InChI is InChI=1S/C18H17FN6O3S/c1-11-7-8-12(9-16(11)24-26)21-18-20-10-13(19)17(23-18)22-14-5-3-4-6-15(14)25-29(2,27)28/h3-10,25H,1-2H3,(H2,20,21,22,23). The van der Waals surface area contributed by atoms with Gasteiger partial charge in [-0.2, -0.15) is 4.98 Å². The van der Waals surface area contributed by atoms with Gasteiger partial charge in [0.05, 0.1) is 23.8 Å². The molecule has 0 unspecified atom stereocenters. The predicted molar refractivity (Wildman–Crippen MR) is 110 cm³/mol. The van der Waals surface area contributed by atoms with Gasteiger partial charge in [0.25, 0.3) is 0 Å². The summed E-state index contributed by atoms with van der Waals surface area (Å²) in [5, 5.41) is 8.57. The minimum atomic E-state index is -3.52. The quantitative estimate of drug-likeness (QED) is 0.493. The van der Waals surface area contributed by atoms with Crippen molar-refractivity contribution in [2.24, 2.45) is 5.18 Å². The molecule has 0 radical (unpaired) electrons. The Kier molecular flexibility index (Phi) is 5.69. The van der Waals surface area contributed by atoms with Crippen molar-refractivity contribution in [3.05, 3.63) is 64.9 Å². The van der Waals surface area contributed by atoms with Gasteiger partial charge in [0.2, 0.25) is 16.0 Å². The van der Waals surface area contributed by atoms with Crippen LogP contribution in [0.1, 0.15) is 5.56 Å². The van der Waals surface area contributed by atoms with Crippen LogP contribution in [0.3, 0.4) is 0 Å². The Morgan fingerprint density at radius 1 is 1.07 bits per heavy atom. The summed E-state index contributed by atoms with van der Waals surface area (Å²) in [5.74, 6) is -0.821. The molecule has 0 aliphatic carbocycles. The summed E-state index contributed by atoms with van der Waals surface area (Å²) in [7, 11) is -3.52. The maximum absolute atomic E-state index is 14.2. The van der Waals surface area contributed by atoms with Gasteiger partial charge < -0.3 is 10.6 Å². The van der Waals surface area contributed by atoms with Gasteiger partial charge in [-0.05, 0) is 41.9 Å². The second kappa shape index (κ2) is 8.19. The smallest absolute Gasteiger partial charge is 0.229 e. The van der Waals surface area contributed by atoms with E-state index in [0.717, 1.165) is 12.5 Å². The highest BCUT2D eigenvalue weighted by Crippen LogP contribution is 2.28. The van der Waals surface area contributed by atoms with Gasteiger partial charge in [-0.25, -0.2) is 17.8 Å². The van der Waals surface area contributed by atoms with Crippen LogP contribution in [-0.2, 0) is 10.0 Å². The number of sulfonamides is 1. The molecule has 3 N–H and O–H groups in total. The van der Waals surface area contributed by atoms with E-state index in [4.69, 9.17) is 0 Å². The molecular formula is C18H17FN6O3S. The lowest BCUT2D eigenvalue weighted by atomic mass is 10.2. The van der Waals surface area contributed by atoms with Crippen LogP contribution in [0.15, 0.2) is 53.8 Å². The lowest BCUT2D eigenvalue weighted by molar-refractivity contribution is 0.607. The van der Waals surface area contributed by atoms with Crippen molar-refractivity contribution < 1.29 is 12.8 Å². The largest absolute Gasteiger partial charge is 0.336 e. The van der Waals surface area contributed by atoms with Crippen molar-refractivity contribution in [3.63, 3.8) is 0 Å². The fourth-order valence-corrected chi connectivity index (χ4v) is 3.02. The molecule has 3 rings (SSSR count). The van der Waals surface area contributed by atoms with Gasteiger partial charge >= 0.3 is 0 Å². The molecular weight excluding hydrogens is 399 g/mol. The topological polar surface area (TPSA) is 125 Å². The molecule has 0 fully saturated rings. The molecule has 11 heteroatoms. The van der Waals surface area contributed by atoms with Gasteiger partial charge in [-0.15, -0.1) is 4.91 Å². The van der Waals surface area contributed by atoms with E-state index in [-0.39, 0.29) is 23.1 Å². The molecule has 0 amide bonds. The Balaban J connectivity index is 1.88. The summed E-state index contributed by atoms with van der Waals surface area (Å²) < 4.78 is 39.6. The van der Waals surface area contributed by atoms with Crippen molar-refractivity contribution in [1.82, 2.24) is 9.97 Å². The third-order valence-electron chi connectivity index (χ3n) is 3.78. The molecule has 9 nitrogen and oxygen atoms in total. The predicted octanol–water partition coefficient (Wildman–Crippen LogP) is 4.18. The number of benzene rings is 2. The molecule has 0 saturated carbocycles. The Morgan fingerprint density at radius 3 is 2.48 bits per heavy atom. The number of aromatic nitrogens is 2. The van der Waals surface area contributed by atoms with Crippen molar-refractivity contribution in [3.8, 4) is 0 Å². The fourth-order valence-electron chi connectivity index (χ4n) is 2.44. The number of rotatable bonds is 7. The molecule has 1 aromatic heterocycles. The first-order valence-electron chi connectivity index (χ1n) is 8.32. The van der Waals surface area contributed by atoms with Crippen LogP contribution in [0.4, 0.5) is 38.9 Å². The molecule has 29 heavy (non-hydrogen) atoms. The second-order valence-corrected chi connectivity index (χ2v) is 7.90. The van der Waals surface area contributed by atoms with Crippen LogP contribution in [0.2, 0.25) is 0 Å². The number of aryl methyl sites for hydroxylation is 1. The number of hydrogen-bond donors (Lipinski definition) is 3. The minimum absolute atomic E-state index is 0.0724. The zero-order valence-electron chi connectivity index (χ0n) is 15.5. The molecule has 0 saturated heterocycles. The van der Waals surface area contributed by atoms with Crippen LogP contribution in [0.5, 0.6) is 0 Å². The van der Waals surface area contributed by atoms with Crippen LogP contribution < -0.4 is 15.4 Å². The molecule has 0 aliphatic heterocycles. The van der Waals surface area contributed by atoms with E-state index < -0.39 is 15.8 Å². The highest BCUT2D eigenvalue weighted by atomic mass is 32.2. The van der Waals surface area contributed by atoms with Gasteiger partial charge in [0.15, 0.2) is 11.6 Å². The number of hydrogen-bond acceptors (Lipinski definition) is 8. The fraction of sp³-hybridized carbons (Fsp3) is 0.111. The van der Waals surface area contributed by atoms with E-state index in [1.54, 1.807) is 37.3 Å². The SMILES string of the molecule is Cc1ccc(Nc2ncc(F)c(Nc3ccccc3NS(C)(=O)=O)n2)cc1N=O. The first kappa shape index (κ1) is 20.1. The Bertz CT molecular complexity index is 1170. The van der Waals surface area contributed by atoms with Gasteiger partial charge in [-0.3, -0.25) is 4.72 Å². The molecule has 2 aromatic carbocycles. The van der Waals surface area contributed by atoms with E-state index in [2.05, 4.69) is 30.5 Å². The monoisotopic (exact) mass is 416 g/mol. The first-order chi connectivity index (χ1) is 13.7. The summed E-state index contributed by atoms with van der Waals surface area (Å²) in [5.41, 5.74) is 2.02. The van der Waals surface area contributed by atoms with Crippen LogP contribution >= 0.6 is 0 Å². The molecule has 3 aromatic rings. The van der Waals surface area contributed by atoms with E-state index >= 15 is 0 Å². The van der Waals surface area contributed by atoms with Gasteiger partial charge in [0, 0.05) is 5.69 Å². The summed E-state index contributed by atoms with van der Waals surface area (Å²) in [4.78, 5) is 18.8. The second-order valence-electron chi connectivity index (χ2n) is 6.15. The number of nitrogens with one attached hydrogen (secondary N) is 3. The van der Waals surface area contributed by atoms with E-state index in [9.17, 15) is 17.7 Å². The number of para-hydroxylation sites is 2. The number of anilines is 5. The molecule has 150 valence electrons. The molecule has 0 aliphatic rings. The van der Waals surface area contributed by atoms with E-state index in [1.165, 1.54) is 12.1 Å². The normalized spacial score (nSPS) is 11.0. The molecule has 0 bridgehead atoms. The molecule has 0 atom stereocenters. The maximum Gasteiger partial charge on any atom is 0.229 e. The molecule has 1 heterocycles. The third-order valence-corrected chi connectivity index (χ3v) is 4.37. The van der Waals surface area contributed by atoms with Crippen molar-refractivity contribution in [2.75, 3.05) is 21.6 Å². The van der Waals surface area contributed by atoms with Crippen molar-refractivity contribution in [1.29, 1.82) is 0 Å². The van der Waals surface area contributed by atoms with Crippen LogP contribution in [0, 0.1) is 17.6 Å². The van der Waals surface area contributed by atoms with E-state index in [0.29, 0.717) is 16.9 Å². The number of halogens is 1. The summed E-state index contributed by atoms with van der Waals surface area (Å²) in [6.07, 6.45) is 1.98. The lowest BCUT2D eigenvalue weighted by Gasteiger charge is -2.13. The van der Waals surface area contributed by atoms with Crippen molar-refractivity contribution >= 4 is 44.5 Å². The summed E-state index contributed by atoms with van der Waals surface area (Å²) in [6, 6.07) is 11.3. The number of nitrogens with zero attached hydrogens (tertiary/aromatic N) is 3. The maximum atomic E-state index is 14.2. The molecule has 0 spiro atoms. The van der Waals surface area contributed by atoms with Gasteiger partial charge in [0.1, 0.15) is 5.69 Å². The minimum Gasteiger partial charge on any atom is -0.336 e.